The third kappa shape index (κ3) is 1.77. The SMILES string of the molecule is Nc1ncc(Cl)c(N2CCCC3C(=O)NCC32)n1. The first kappa shape index (κ1) is 11.5. The van der Waals surface area contributed by atoms with Crippen LogP contribution in [0.25, 0.3) is 0 Å². The number of piperidine rings is 1. The van der Waals surface area contributed by atoms with Gasteiger partial charge in [-0.15, -0.1) is 0 Å². The molecule has 96 valence electrons. The Morgan fingerprint density at radius 1 is 1.56 bits per heavy atom. The molecule has 0 aromatic carbocycles. The Hall–Kier alpha value is -1.56. The van der Waals surface area contributed by atoms with Gasteiger partial charge in [0.2, 0.25) is 11.9 Å². The van der Waals surface area contributed by atoms with E-state index < -0.39 is 0 Å². The first-order chi connectivity index (χ1) is 8.66. The highest BCUT2D eigenvalue weighted by Gasteiger charge is 2.41. The van der Waals surface area contributed by atoms with Crippen molar-refractivity contribution in [1.82, 2.24) is 15.3 Å². The lowest BCUT2D eigenvalue weighted by atomic mass is 9.91. The fraction of sp³-hybridized carbons (Fsp3) is 0.545. The Labute approximate surface area is 110 Å². The summed E-state index contributed by atoms with van der Waals surface area (Å²) in [5, 5.41) is 3.37. The lowest BCUT2D eigenvalue weighted by molar-refractivity contribution is -0.122. The predicted octanol–water partition coefficient (Wildman–Crippen LogP) is 0.427. The number of rotatable bonds is 1. The molecule has 0 spiro atoms. The van der Waals surface area contributed by atoms with Crippen molar-refractivity contribution in [2.75, 3.05) is 23.7 Å². The third-order valence-corrected chi connectivity index (χ3v) is 3.88. The van der Waals surface area contributed by atoms with Crippen LogP contribution in [0.1, 0.15) is 12.8 Å². The van der Waals surface area contributed by atoms with E-state index in [4.69, 9.17) is 17.3 Å². The van der Waals surface area contributed by atoms with Gasteiger partial charge in [-0.25, -0.2) is 4.98 Å². The van der Waals surface area contributed by atoms with Gasteiger partial charge in [-0.2, -0.15) is 4.98 Å². The van der Waals surface area contributed by atoms with E-state index in [0.29, 0.717) is 17.4 Å². The van der Waals surface area contributed by atoms with Gasteiger partial charge in [-0.1, -0.05) is 11.6 Å². The number of amides is 1. The number of nitrogens with zero attached hydrogens (tertiary/aromatic N) is 3. The number of aromatic nitrogens is 2. The summed E-state index contributed by atoms with van der Waals surface area (Å²) in [4.78, 5) is 21.8. The van der Waals surface area contributed by atoms with E-state index >= 15 is 0 Å². The number of halogens is 1. The van der Waals surface area contributed by atoms with Gasteiger partial charge in [0, 0.05) is 13.1 Å². The molecule has 2 aliphatic heterocycles. The van der Waals surface area contributed by atoms with Gasteiger partial charge in [-0.05, 0) is 12.8 Å². The average molecular weight is 268 g/mol. The molecule has 1 amide bonds. The summed E-state index contributed by atoms with van der Waals surface area (Å²) in [6.07, 6.45) is 3.38. The highest BCUT2D eigenvalue weighted by Crippen LogP contribution is 2.33. The molecule has 3 N–H and O–H groups in total. The van der Waals surface area contributed by atoms with Gasteiger partial charge in [0.1, 0.15) is 5.02 Å². The largest absolute Gasteiger partial charge is 0.368 e. The molecule has 2 fully saturated rings. The molecule has 3 rings (SSSR count). The Bertz CT molecular complexity index is 494. The fourth-order valence-electron chi connectivity index (χ4n) is 2.79. The van der Waals surface area contributed by atoms with Crippen molar-refractivity contribution in [2.45, 2.75) is 18.9 Å². The van der Waals surface area contributed by atoms with E-state index in [9.17, 15) is 4.79 Å². The van der Waals surface area contributed by atoms with Gasteiger partial charge in [-0.3, -0.25) is 4.79 Å². The summed E-state index contributed by atoms with van der Waals surface area (Å²) < 4.78 is 0. The van der Waals surface area contributed by atoms with Crippen LogP contribution in [0.5, 0.6) is 0 Å². The maximum Gasteiger partial charge on any atom is 0.225 e. The molecule has 2 atom stereocenters. The van der Waals surface area contributed by atoms with Crippen molar-refractivity contribution in [1.29, 1.82) is 0 Å². The molecule has 7 heteroatoms. The van der Waals surface area contributed by atoms with E-state index in [-0.39, 0.29) is 23.8 Å². The zero-order valence-corrected chi connectivity index (χ0v) is 10.5. The molecule has 0 saturated carbocycles. The summed E-state index contributed by atoms with van der Waals surface area (Å²) >= 11 is 6.13. The van der Waals surface area contributed by atoms with Crippen molar-refractivity contribution in [3.63, 3.8) is 0 Å². The third-order valence-electron chi connectivity index (χ3n) is 3.62. The van der Waals surface area contributed by atoms with Crippen LogP contribution in [0, 0.1) is 5.92 Å². The molecule has 1 aromatic heterocycles. The van der Waals surface area contributed by atoms with Crippen LogP contribution in [0.15, 0.2) is 6.20 Å². The fourth-order valence-corrected chi connectivity index (χ4v) is 2.99. The van der Waals surface area contributed by atoms with Crippen LogP contribution in [0.3, 0.4) is 0 Å². The van der Waals surface area contributed by atoms with Gasteiger partial charge in [0.05, 0.1) is 18.2 Å². The smallest absolute Gasteiger partial charge is 0.225 e. The number of carbonyl (C=O) groups is 1. The Morgan fingerprint density at radius 2 is 2.39 bits per heavy atom. The molecular weight excluding hydrogens is 254 g/mol. The lowest BCUT2D eigenvalue weighted by Gasteiger charge is -2.37. The standard InChI is InChI=1S/C11H14ClN5O/c12-7-4-15-11(13)16-9(7)17-3-1-2-6-8(17)5-14-10(6)18/h4,6,8H,1-3,5H2,(H,14,18)(H2,13,15,16). The molecule has 1 aromatic rings. The molecule has 2 saturated heterocycles. The van der Waals surface area contributed by atoms with Gasteiger partial charge in [0.25, 0.3) is 0 Å². The molecule has 0 aliphatic carbocycles. The quantitative estimate of drug-likeness (QED) is 0.771. The first-order valence-electron chi connectivity index (χ1n) is 5.99. The van der Waals surface area contributed by atoms with Gasteiger partial charge < -0.3 is 16.0 Å². The van der Waals surface area contributed by atoms with E-state index in [1.165, 1.54) is 6.20 Å². The minimum absolute atomic E-state index is 0.0333. The second-order valence-electron chi connectivity index (χ2n) is 4.65. The molecule has 2 aliphatic rings. The topological polar surface area (TPSA) is 84.1 Å². The van der Waals surface area contributed by atoms with Crippen molar-refractivity contribution >= 4 is 29.3 Å². The maximum absolute atomic E-state index is 11.7. The summed E-state index contributed by atoms with van der Waals surface area (Å²) in [6.45, 7) is 1.48. The minimum Gasteiger partial charge on any atom is -0.368 e. The number of carbonyl (C=O) groups excluding carboxylic acids is 1. The monoisotopic (exact) mass is 267 g/mol. The van der Waals surface area contributed by atoms with Crippen LogP contribution >= 0.6 is 11.6 Å². The van der Waals surface area contributed by atoms with Crippen LogP contribution in [0.2, 0.25) is 5.02 Å². The maximum atomic E-state index is 11.7. The number of anilines is 2. The normalized spacial score (nSPS) is 26.9. The second kappa shape index (κ2) is 4.28. The van der Waals surface area contributed by atoms with Crippen LogP contribution in [0.4, 0.5) is 11.8 Å². The van der Waals surface area contributed by atoms with Gasteiger partial charge in [0.15, 0.2) is 5.82 Å². The van der Waals surface area contributed by atoms with Crippen molar-refractivity contribution in [2.24, 2.45) is 5.92 Å². The number of hydrogen-bond acceptors (Lipinski definition) is 5. The minimum atomic E-state index is 0.0333. The molecule has 0 bridgehead atoms. The van der Waals surface area contributed by atoms with Crippen molar-refractivity contribution in [3.05, 3.63) is 11.2 Å². The molecule has 3 heterocycles. The molecule has 6 nitrogen and oxygen atoms in total. The summed E-state index contributed by atoms with van der Waals surface area (Å²) in [6, 6.07) is 0.123. The number of nitrogens with two attached hydrogens (primary N) is 1. The lowest BCUT2D eigenvalue weighted by Crippen LogP contribution is -2.46. The first-order valence-corrected chi connectivity index (χ1v) is 6.37. The number of nitrogens with one attached hydrogen (secondary N) is 1. The number of fused-ring (bicyclic) bond motifs is 1. The highest BCUT2D eigenvalue weighted by molar-refractivity contribution is 6.32. The van der Waals surface area contributed by atoms with Crippen LogP contribution in [-0.4, -0.2) is 35.0 Å². The highest BCUT2D eigenvalue weighted by atomic mass is 35.5. The van der Waals surface area contributed by atoms with E-state index in [1.54, 1.807) is 0 Å². The Morgan fingerprint density at radius 3 is 3.22 bits per heavy atom. The average Bonchev–Trinajstić information content (AvgIpc) is 2.75. The van der Waals surface area contributed by atoms with Crippen molar-refractivity contribution in [3.8, 4) is 0 Å². The summed E-state index contributed by atoms with van der Waals surface area (Å²) in [5.41, 5.74) is 5.61. The van der Waals surface area contributed by atoms with Crippen LogP contribution in [-0.2, 0) is 4.79 Å². The zero-order valence-electron chi connectivity index (χ0n) is 9.77. The Kier molecular flexibility index (Phi) is 2.74. The molecular formula is C11H14ClN5O. The zero-order chi connectivity index (χ0) is 12.7. The predicted molar refractivity (Wildman–Crippen MR) is 68.3 cm³/mol. The van der Waals surface area contributed by atoms with Crippen LogP contribution < -0.4 is 16.0 Å². The number of hydrogen-bond donors (Lipinski definition) is 2. The van der Waals surface area contributed by atoms with E-state index in [0.717, 1.165) is 19.4 Å². The second-order valence-corrected chi connectivity index (χ2v) is 5.06. The van der Waals surface area contributed by atoms with Crippen molar-refractivity contribution < 1.29 is 4.79 Å². The van der Waals surface area contributed by atoms with Gasteiger partial charge >= 0.3 is 0 Å². The van der Waals surface area contributed by atoms with E-state index in [2.05, 4.69) is 20.2 Å². The summed E-state index contributed by atoms with van der Waals surface area (Å²) in [7, 11) is 0. The molecule has 2 unspecified atom stereocenters. The summed E-state index contributed by atoms with van der Waals surface area (Å²) in [5.74, 6) is 0.998. The Balaban J connectivity index is 1.95. The number of nitrogen functional groups attached to an aromatic ring is 1. The molecule has 0 radical (unpaired) electrons. The van der Waals surface area contributed by atoms with E-state index in [1.807, 2.05) is 0 Å². The molecule has 18 heavy (non-hydrogen) atoms.